The Morgan fingerprint density at radius 3 is 2.27 bits per heavy atom. The summed E-state index contributed by atoms with van der Waals surface area (Å²) < 4.78 is 25.6. The van der Waals surface area contributed by atoms with Crippen LogP contribution in [0.25, 0.3) is 0 Å². The molecule has 0 aromatic heterocycles. The maximum atomic E-state index is 12.0. The van der Waals surface area contributed by atoms with Crippen LogP contribution >= 0.6 is 0 Å². The van der Waals surface area contributed by atoms with Gasteiger partial charge in [0.05, 0.1) is 5.25 Å². The van der Waals surface area contributed by atoms with Crippen LogP contribution in [0.2, 0.25) is 0 Å². The Hall–Kier alpha value is -0.130. The number of hydrogen-bond acceptors (Lipinski definition) is 3. The largest absolute Gasteiger partial charge is 0.326 e. The van der Waals surface area contributed by atoms with E-state index in [-0.39, 0.29) is 17.3 Å². The molecule has 0 aliphatic heterocycles. The van der Waals surface area contributed by atoms with E-state index >= 15 is 0 Å². The summed E-state index contributed by atoms with van der Waals surface area (Å²) in [4.78, 5) is 0. The molecule has 2 aliphatic carbocycles. The normalized spacial score (nSPS) is 33.3. The summed E-state index contributed by atoms with van der Waals surface area (Å²) in [6, 6.07) is 0.0571. The highest BCUT2D eigenvalue weighted by Crippen LogP contribution is 2.33. The van der Waals surface area contributed by atoms with Crippen LogP contribution in [0.15, 0.2) is 0 Å². The van der Waals surface area contributed by atoms with Gasteiger partial charge in [0, 0.05) is 19.1 Å². The summed E-state index contributed by atoms with van der Waals surface area (Å²) in [5, 5.41) is -0.114. The van der Waals surface area contributed by atoms with Crippen molar-refractivity contribution in [2.75, 3.05) is 7.05 Å². The van der Waals surface area contributed by atoms with Gasteiger partial charge in [0.15, 0.2) is 0 Å². The van der Waals surface area contributed by atoms with Gasteiger partial charge in [-0.05, 0) is 25.7 Å². The second-order valence-electron chi connectivity index (χ2n) is 4.78. The van der Waals surface area contributed by atoms with Crippen LogP contribution in [0.1, 0.15) is 38.5 Å². The molecule has 0 aromatic carbocycles. The maximum Gasteiger partial charge on any atom is 0.217 e. The van der Waals surface area contributed by atoms with E-state index in [1.807, 2.05) is 0 Å². The predicted molar refractivity (Wildman–Crippen MR) is 59.9 cm³/mol. The number of hydrogen-bond donors (Lipinski definition) is 1. The SMILES string of the molecule is CN(C1CCCCC1N)S(=O)(=O)C1CC1. The van der Waals surface area contributed by atoms with Crippen molar-refractivity contribution in [1.29, 1.82) is 0 Å². The zero-order chi connectivity index (χ0) is 11.1. The lowest BCUT2D eigenvalue weighted by molar-refractivity contribution is 0.252. The molecular formula is C10H20N2O2S. The molecule has 0 saturated heterocycles. The van der Waals surface area contributed by atoms with Gasteiger partial charge in [-0.25, -0.2) is 12.7 Å². The van der Waals surface area contributed by atoms with Crippen molar-refractivity contribution < 1.29 is 8.42 Å². The van der Waals surface area contributed by atoms with E-state index in [1.54, 1.807) is 11.4 Å². The standard InChI is InChI=1S/C10H20N2O2S/c1-12(15(13,14)8-6-7-8)10-5-3-2-4-9(10)11/h8-10H,2-7,11H2,1H3. The zero-order valence-electron chi connectivity index (χ0n) is 9.22. The van der Waals surface area contributed by atoms with Crippen molar-refractivity contribution in [2.45, 2.75) is 55.9 Å². The smallest absolute Gasteiger partial charge is 0.217 e. The monoisotopic (exact) mass is 232 g/mol. The van der Waals surface area contributed by atoms with Gasteiger partial charge in [0.25, 0.3) is 0 Å². The lowest BCUT2D eigenvalue weighted by atomic mass is 9.91. The molecule has 2 saturated carbocycles. The fourth-order valence-electron chi connectivity index (χ4n) is 2.38. The Balaban J connectivity index is 2.08. The van der Waals surface area contributed by atoms with Crippen molar-refractivity contribution >= 4 is 10.0 Å². The molecule has 2 fully saturated rings. The Labute approximate surface area is 91.9 Å². The van der Waals surface area contributed by atoms with Crippen LogP contribution in [0.3, 0.4) is 0 Å². The fraction of sp³-hybridized carbons (Fsp3) is 1.00. The molecule has 2 N–H and O–H groups in total. The van der Waals surface area contributed by atoms with Crippen LogP contribution < -0.4 is 5.73 Å². The molecule has 2 unspecified atom stereocenters. The molecule has 2 aliphatic rings. The average molecular weight is 232 g/mol. The Morgan fingerprint density at radius 2 is 1.73 bits per heavy atom. The zero-order valence-corrected chi connectivity index (χ0v) is 10.0. The molecule has 15 heavy (non-hydrogen) atoms. The molecule has 2 rings (SSSR count). The van der Waals surface area contributed by atoms with Crippen molar-refractivity contribution in [2.24, 2.45) is 5.73 Å². The Kier molecular flexibility index (Phi) is 3.05. The number of nitrogens with zero attached hydrogens (tertiary/aromatic N) is 1. The second kappa shape index (κ2) is 4.03. The first-order valence-corrected chi connectivity index (χ1v) is 7.26. The topological polar surface area (TPSA) is 63.4 Å². The van der Waals surface area contributed by atoms with Crippen molar-refractivity contribution in [1.82, 2.24) is 4.31 Å². The Bertz CT molecular complexity index is 324. The van der Waals surface area contributed by atoms with Gasteiger partial charge in [-0.1, -0.05) is 12.8 Å². The van der Waals surface area contributed by atoms with Gasteiger partial charge in [-0.2, -0.15) is 0 Å². The molecule has 88 valence electrons. The first-order valence-electron chi connectivity index (χ1n) is 5.76. The quantitative estimate of drug-likeness (QED) is 0.778. The lowest BCUT2D eigenvalue weighted by Gasteiger charge is -2.35. The molecule has 0 bridgehead atoms. The first kappa shape index (κ1) is 11.4. The summed E-state index contributed by atoms with van der Waals surface area (Å²) >= 11 is 0. The minimum atomic E-state index is -3.04. The predicted octanol–water partition coefficient (Wildman–Crippen LogP) is 0.680. The van der Waals surface area contributed by atoms with Crippen LogP contribution in [-0.4, -0.2) is 37.1 Å². The fourth-order valence-corrected chi connectivity index (χ4v) is 4.22. The third-order valence-corrected chi connectivity index (χ3v) is 5.98. The average Bonchev–Trinajstić information content (AvgIpc) is 3.00. The highest BCUT2D eigenvalue weighted by atomic mass is 32.2. The molecule has 0 spiro atoms. The molecule has 2 atom stereocenters. The van der Waals surface area contributed by atoms with Crippen molar-refractivity contribution in [3.05, 3.63) is 0 Å². The van der Waals surface area contributed by atoms with Crippen LogP contribution in [-0.2, 0) is 10.0 Å². The van der Waals surface area contributed by atoms with E-state index in [1.165, 1.54) is 0 Å². The van der Waals surface area contributed by atoms with Gasteiger partial charge in [0.2, 0.25) is 10.0 Å². The molecule has 0 heterocycles. The molecule has 0 aromatic rings. The van der Waals surface area contributed by atoms with Gasteiger partial charge < -0.3 is 5.73 Å². The Morgan fingerprint density at radius 1 is 1.13 bits per heavy atom. The maximum absolute atomic E-state index is 12.0. The van der Waals surface area contributed by atoms with Crippen LogP contribution in [0, 0.1) is 0 Å². The summed E-state index contributed by atoms with van der Waals surface area (Å²) in [5.41, 5.74) is 5.99. The van der Waals surface area contributed by atoms with E-state index in [2.05, 4.69) is 0 Å². The van der Waals surface area contributed by atoms with Crippen LogP contribution in [0.5, 0.6) is 0 Å². The summed E-state index contributed by atoms with van der Waals surface area (Å²) in [7, 11) is -1.35. The number of nitrogens with two attached hydrogens (primary N) is 1. The minimum absolute atomic E-state index is 0.0253. The number of rotatable bonds is 3. The van der Waals surface area contributed by atoms with Gasteiger partial charge >= 0.3 is 0 Å². The van der Waals surface area contributed by atoms with E-state index in [9.17, 15) is 8.42 Å². The number of sulfonamides is 1. The van der Waals surface area contributed by atoms with E-state index in [0.717, 1.165) is 38.5 Å². The third-order valence-electron chi connectivity index (χ3n) is 3.60. The first-order chi connectivity index (χ1) is 7.03. The molecule has 4 nitrogen and oxygen atoms in total. The van der Waals surface area contributed by atoms with E-state index in [0.29, 0.717) is 0 Å². The van der Waals surface area contributed by atoms with Gasteiger partial charge in [0.1, 0.15) is 0 Å². The lowest BCUT2D eigenvalue weighted by Crippen LogP contribution is -2.50. The summed E-state index contributed by atoms with van der Waals surface area (Å²) in [6.45, 7) is 0. The van der Waals surface area contributed by atoms with Crippen molar-refractivity contribution in [3.8, 4) is 0 Å². The second-order valence-corrected chi connectivity index (χ2v) is 7.05. The highest BCUT2D eigenvalue weighted by molar-refractivity contribution is 7.90. The molecule has 5 heteroatoms. The number of likely N-dealkylation sites (N-methyl/N-ethyl adjacent to an activating group) is 1. The summed E-state index contributed by atoms with van der Waals surface area (Å²) in [6.07, 6.45) is 5.76. The minimum Gasteiger partial charge on any atom is -0.326 e. The van der Waals surface area contributed by atoms with Crippen LogP contribution in [0.4, 0.5) is 0 Å². The van der Waals surface area contributed by atoms with Crippen molar-refractivity contribution in [3.63, 3.8) is 0 Å². The third kappa shape index (κ3) is 2.19. The molecule has 0 amide bonds. The van der Waals surface area contributed by atoms with E-state index in [4.69, 9.17) is 5.73 Å². The highest BCUT2D eigenvalue weighted by Gasteiger charge is 2.42. The molecule has 0 radical (unpaired) electrons. The van der Waals surface area contributed by atoms with Gasteiger partial charge in [-0.3, -0.25) is 0 Å². The van der Waals surface area contributed by atoms with E-state index < -0.39 is 10.0 Å². The molecular weight excluding hydrogens is 212 g/mol. The van der Waals surface area contributed by atoms with Gasteiger partial charge in [-0.15, -0.1) is 0 Å². The summed E-state index contributed by atoms with van der Waals surface area (Å²) in [5.74, 6) is 0.